The van der Waals surface area contributed by atoms with Gasteiger partial charge in [0.05, 0.1) is 6.42 Å². The third kappa shape index (κ3) is 7.34. The van der Waals surface area contributed by atoms with Crippen LogP contribution in [-0.4, -0.2) is 28.8 Å². The Labute approximate surface area is 205 Å². The minimum absolute atomic E-state index is 0.0533. The lowest BCUT2D eigenvalue weighted by molar-refractivity contribution is -0.141. The van der Waals surface area contributed by atoms with E-state index in [1.807, 2.05) is 80.6 Å². The smallest absolute Gasteiger partial charge is 0.243 e. The number of amides is 2. The number of nitrogens with one attached hydrogen (secondary N) is 1. The molecule has 172 valence electrons. The molecule has 2 amide bonds. The fraction of sp³-hybridized carbons (Fsp3) is 0.259. The quantitative estimate of drug-likeness (QED) is 0.425. The zero-order chi connectivity index (χ0) is 23.8. The van der Waals surface area contributed by atoms with Crippen molar-refractivity contribution in [2.75, 3.05) is 0 Å². The number of carbonyl (C=O) groups excluding carboxylic acids is 2. The van der Waals surface area contributed by atoms with E-state index in [-0.39, 0.29) is 30.8 Å². The van der Waals surface area contributed by atoms with Crippen molar-refractivity contribution < 1.29 is 9.59 Å². The third-order valence-corrected chi connectivity index (χ3v) is 5.85. The molecule has 0 aliphatic carbocycles. The summed E-state index contributed by atoms with van der Waals surface area (Å²) in [5.74, 6) is -0.369. The van der Waals surface area contributed by atoms with Crippen LogP contribution in [0.3, 0.4) is 0 Å². The summed E-state index contributed by atoms with van der Waals surface area (Å²) in [7, 11) is 0. The summed E-state index contributed by atoms with van der Waals surface area (Å²) >= 11 is 12.5. The van der Waals surface area contributed by atoms with Crippen molar-refractivity contribution in [1.29, 1.82) is 0 Å². The zero-order valence-electron chi connectivity index (χ0n) is 18.8. The molecular weight excluding hydrogens is 455 g/mol. The summed E-state index contributed by atoms with van der Waals surface area (Å²) in [6.45, 7) is 4.07. The van der Waals surface area contributed by atoms with Gasteiger partial charge in [-0.25, -0.2) is 0 Å². The second-order valence-corrected chi connectivity index (χ2v) is 9.13. The van der Waals surface area contributed by atoms with Crippen LogP contribution in [0.25, 0.3) is 0 Å². The molecule has 3 aromatic carbocycles. The van der Waals surface area contributed by atoms with Gasteiger partial charge in [-0.2, -0.15) is 0 Å². The van der Waals surface area contributed by atoms with Crippen molar-refractivity contribution in [2.45, 2.75) is 45.3 Å². The van der Waals surface area contributed by atoms with Gasteiger partial charge in [0.25, 0.3) is 0 Å². The second kappa shape index (κ2) is 11.9. The van der Waals surface area contributed by atoms with Gasteiger partial charge in [0, 0.05) is 29.1 Å². The van der Waals surface area contributed by atoms with Gasteiger partial charge >= 0.3 is 0 Å². The molecule has 0 heterocycles. The topological polar surface area (TPSA) is 49.4 Å². The number of nitrogens with zero attached hydrogens (tertiary/aromatic N) is 1. The average Bonchev–Trinajstić information content (AvgIpc) is 2.78. The predicted octanol–water partition coefficient (Wildman–Crippen LogP) is 5.70. The number of hydrogen-bond acceptors (Lipinski definition) is 2. The van der Waals surface area contributed by atoms with Gasteiger partial charge in [-0.05, 0) is 48.7 Å². The number of rotatable bonds is 9. The lowest BCUT2D eigenvalue weighted by atomic mass is 10.0. The molecule has 1 N–H and O–H groups in total. The summed E-state index contributed by atoms with van der Waals surface area (Å²) < 4.78 is 0. The molecule has 1 unspecified atom stereocenters. The molecule has 1 atom stereocenters. The summed E-state index contributed by atoms with van der Waals surface area (Å²) in [6.07, 6.45) is 0.495. The van der Waals surface area contributed by atoms with E-state index in [0.29, 0.717) is 16.5 Å². The molecule has 0 radical (unpaired) electrons. The van der Waals surface area contributed by atoms with Gasteiger partial charge < -0.3 is 10.2 Å². The standard InChI is InChI=1S/C27H28Cl2N2O2/c1-19(2)30-27(33)25(16-20-9-4-3-5-10-20)31(18-21-11-8-13-23(28)15-21)26(32)17-22-12-6-7-14-24(22)29/h3-15,19,25H,16-18H2,1-2H3,(H,30,33). The predicted molar refractivity (Wildman–Crippen MR) is 134 cm³/mol. The minimum atomic E-state index is -0.691. The van der Waals surface area contributed by atoms with Gasteiger partial charge in [-0.3, -0.25) is 9.59 Å². The van der Waals surface area contributed by atoms with E-state index in [1.54, 1.807) is 17.0 Å². The molecule has 0 aliphatic rings. The Morgan fingerprint density at radius 1 is 0.879 bits per heavy atom. The minimum Gasteiger partial charge on any atom is -0.352 e. The molecular formula is C27H28Cl2N2O2. The lowest BCUT2D eigenvalue weighted by Gasteiger charge is -2.32. The molecule has 0 aliphatic heterocycles. The van der Waals surface area contributed by atoms with Crippen LogP contribution in [0.5, 0.6) is 0 Å². The molecule has 0 spiro atoms. The van der Waals surface area contributed by atoms with Gasteiger partial charge in [-0.15, -0.1) is 0 Å². The molecule has 4 nitrogen and oxygen atoms in total. The first-order chi connectivity index (χ1) is 15.8. The van der Waals surface area contributed by atoms with E-state index in [9.17, 15) is 9.59 Å². The fourth-order valence-electron chi connectivity index (χ4n) is 3.67. The molecule has 0 fully saturated rings. The largest absolute Gasteiger partial charge is 0.352 e. The fourth-order valence-corrected chi connectivity index (χ4v) is 4.09. The van der Waals surface area contributed by atoms with Crippen LogP contribution in [0.4, 0.5) is 0 Å². The molecule has 0 aromatic heterocycles. The van der Waals surface area contributed by atoms with Crippen molar-refractivity contribution in [3.05, 3.63) is 106 Å². The summed E-state index contributed by atoms with van der Waals surface area (Å²) in [6, 6.07) is 23.6. The van der Waals surface area contributed by atoms with Gasteiger partial charge in [-0.1, -0.05) is 83.9 Å². The van der Waals surface area contributed by atoms with E-state index in [1.165, 1.54) is 0 Å². The Bertz CT molecular complexity index is 1090. The molecule has 3 aromatic rings. The Balaban J connectivity index is 1.98. The van der Waals surface area contributed by atoms with Crippen LogP contribution in [0.2, 0.25) is 10.0 Å². The molecule has 33 heavy (non-hydrogen) atoms. The normalized spacial score (nSPS) is 11.8. The van der Waals surface area contributed by atoms with Crippen LogP contribution in [-0.2, 0) is 29.0 Å². The Morgan fingerprint density at radius 2 is 1.55 bits per heavy atom. The van der Waals surface area contributed by atoms with Gasteiger partial charge in [0.15, 0.2) is 0 Å². The first-order valence-corrected chi connectivity index (χ1v) is 11.7. The average molecular weight is 483 g/mol. The molecule has 6 heteroatoms. The Kier molecular flexibility index (Phi) is 8.93. The van der Waals surface area contributed by atoms with Crippen molar-refractivity contribution in [3.8, 4) is 0 Å². The van der Waals surface area contributed by atoms with Gasteiger partial charge in [0.2, 0.25) is 11.8 Å². The first kappa shape index (κ1) is 24.8. The van der Waals surface area contributed by atoms with E-state index in [0.717, 1.165) is 16.7 Å². The highest BCUT2D eigenvalue weighted by molar-refractivity contribution is 6.31. The third-order valence-electron chi connectivity index (χ3n) is 5.24. The van der Waals surface area contributed by atoms with Crippen molar-refractivity contribution in [2.24, 2.45) is 0 Å². The molecule has 3 rings (SSSR count). The highest BCUT2D eigenvalue weighted by Gasteiger charge is 2.31. The SMILES string of the molecule is CC(C)NC(=O)C(Cc1ccccc1)N(Cc1cccc(Cl)c1)C(=O)Cc1ccccc1Cl. The van der Waals surface area contributed by atoms with Crippen LogP contribution in [0.15, 0.2) is 78.9 Å². The number of hydrogen-bond donors (Lipinski definition) is 1. The maximum atomic E-state index is 13.6. The van der Waals surface area contributed by atoms with Crippen LogP contribution < -0.4 is 5.32 Å². The summed E-state index contributed by atoms with van der Waals surface area (Å²) in [5, 5.41) is 4.09. The highest BCUT2D eigenvalue weighted by atomic mass is 35.5. The zero-order valence-corrected chi connectivity index (χ0v) is 20.3. The first-order valence-electron chi connectivity index (χ1n) is 10.9. The molecule has 0 saturated heterocycles. The number of carbonyl (C=O) groups is 2. The van der Waals surface area contributed by atoms with E-state index in [2.05, 4.69) is 5.32 Å². The van der Waals surface area contributed by atoms with Crippen molar-refractivity contribution in [3.63, 3.8) is 0 Å². The number of benzene rings is 3. The maximum absolute atomic E-state index is 13.6. The lowest BCUT2D eigenvalue weighted by Crippen LogP contribution is -2.52. The second-order valence-electron chi connectivity index (χ2n) is 8.29. The molecule has 0 bridgehead atoms. The van der Waals surface area contributed by atoms with Gasteiger partial charge in [0.1, 0.15) is 6.04 Å². The van der Waals surface area contributed by atoms with Crippen LogP contribution >= 0.6 is 23.2 Å². The Morgan fingerprint density at radius 3 is 2.21 bits per heavy atom. The summed E-state index contributed by atoms with van der Waals surface area (Å²) in [4.78, 5) is 28.6. The van der Waals surface area contributed by atoms with Crippen LogP contribution in [0, 0.1) is 0 Å². The monoisotopic (exact) mass is 482 g/mol. The van der Waals surface area contributed by atoms with E-state index in [4.69, 9.17) is 23.2 Å². The Hall–Kier alpha value is -2.82. The van der Waals surface area contributed by atoms with E-state index >= 15 is 0 Å². The van der Waals surface area contributed by atoms with Crippen LogP contribution in [0.1, 0.15) is 30.5 Å². The van der Waals surface area contributed by atoms with Crippen molar-refractivity contribution in [1.82, 2.24) is 10.2 Å². The van der Waals surface area contributed by atoms with Crippen molar-refractivity contribution >= 4 is 35.0 Å². The summed E-state index contributed by atoms with van der Waals surface area (Å²) in [5.41, 5.74) is 2.55. The van der Waals surface area contributed by atoms with E-state index < -0.39 is 6.04 Å². The molecule has 0 saturated carbocycles. The highest BCUT2D eigenvalue weighted by Crippen LogP contribution is 2.21. The maximum Gasteiger partial charge on any atom is 0.243 e. The number of halogens is 2.